The Labute approximate surface area is 123 Å². The predicted molar refractivity (Wildman–Crippen MR) is 78.2 cm³/mol. The van der Waals surface area contributed by atoms with E-state index in [1.165, 1.54) is 0 Å². The molecule has 0 spiro atoms. The number of carboxylic acids is 1. The molecular weight excluding hydrogens is 276 g/mol. The highest BCUT2D eigenvalue weighted by Crippen LogP contribution is 2.20. The van der Waals surface area contributed by atoms with Crippen molar-refractivity contribution in [1.29, 1.82) is 0 Å². The molecule has 1 heterocycles. The second-order valence-corrected chi connectivity index (χ2v) is 5.20. The molecule has 0 atom stereocenters. The van der Waals surface area contributed by atoms with Crippen molar-refractivity contribution >= 4 is 17.6 Å². The molecule has 0 saturated carbocycles. The fourth-order valence-corrected chi connectivity index (χ4v) is 2.47. The van der Waals surface area contributed by atoms with Crippen molar-refractivity contribution in [2.75, 3.05) is 0 Å². The van der Waals surface area contributed by atoms with E-state index in [1.807, 2.05) is 42.8 Å². The number of rotatable bonds is 5. The van der Waals surface area contributed by atoms with Gasteiger partial charge in [0.05, 0.1) is 12.2 Å². The van der Waals surface area contributed by atoms with Crippen molar-refractivity contribution in [1.82, 2.24) is 9.78 Å². The summed E-state index contributed by atoms with van der Waals surface area (Å²) >= 11 is 6.16. The Morgan fingerprint density at radius 2 is 2.05 bits per heavy atom. The lowest BCUT2D eigenvalue weighted by Gasteiger charge is -2.07. The molecular formula is C15H17ClN2O2. The lowest BCUT2D eigenvalue weighted by molar-refractivity contribution is -0.136. The minimum Gasteiger partial charge on any atom is -0.481 e. The molecule has 0 aliphatic rings. The fourth-order valence-electron chi connectivity index (χ4n) is 2.27. The predicted octanol–water partition coefficient (Wildman–Crippen LogP) is 3.22. The summed E-state index contributed by atoms with van der Waals surface area (Å²) in [6.45, 7) is 4.47. The number of carbonyl (C=O) groups is 1. The SMILES string of the molecule is Cc1nn(Cc2ccccc2Cl)c(C)c1CCC(=O)O. The molecule has 1 N–H and O–H groups in total. The zero-order valence-electron chi connectivity index (χ0n) is 11.6. The minimum atomic E-state index is -0.789. The van der Waals surface area contributed by atoms with Gasteiger partial charge in [-0.25, -0.2) is 0 Å². The summed E-state index contributed by atoms with van der Waals surface area (Å²) in [6.07, 6.45) is 0.634. The van der Waals surface area contributed by atoms with E-state index in [-0.39, 0.29) is 6.42 Å². The van der Waals surface area contributed by atoms with Gasteiger partial charge in [-0.1, -0.05) is 29.8 Å². The van der Waals surface area contributed by atoms with Crippen LogP contribution in [0.2, 0.25) is 5.02 Å². The molecule has 20 heavy (non-hydrogen) atoms. The third-order valence-electron chi connectivity index (χ3n) is 3.40. The maximum absolute atomic E-state index is 10.7. The van der Waals surface area contributed by atoms with Gasteiger partial charge in [-0.2, -0.15) is 5.10 Å². The lowest BCUT2D eigenvalue weighted by atomic mass is 10.1. The van der Waals surface area contributed by atoms with Crippen LogP contribution < -0.4 is 0 Å². The summed E-state index contributed by atoms with van der Waals surface area (Å²) in [5.41, 5.74) is 3.91. The normalized spacial score (nSPS) is 10.8. The number of hydrogen-bond acceptors (Lipinski definition) is 2. The quantitative estimate of drug-likeness (QED) is 0.920. The molecule has 0 unspecified atom stereocenters. The number of aryl methyl sites for hydroxylation is 1. The summed E-state index contributed by atoms with van der Waals surface area (Å²) in [5, 5.41) is 14.0. The summed E-state index contributed by atoms with van der Waals surface area (Å²) in [7, 11) is 0. The van der Waals surface area contributed by atoms with E-state index in [4.69, 9.17) is 16.7 Å². The zero-order chi connectivity index (χ0) is 14.7. The molecule has 1 aromatic carbocycles. The van der Waals surface area contributed by atoms with Crippen molar-refractivity contribution < 1.29 is 9.90 Å². The molecule has 0 amide bonds. The van der Waals surface area contributed by atoms with Crippen LogP contribution in [0.1, 0.15) is 28.9 Å². The topological polar surface area (TPSA) is 55.1 Å². The molecule has 0 radical (unpaired) electrons. The molecule has 0 aliphatic heterocycles. The number of nitrogens with zero attached hydrogens (tertiary/aromatic N) is 2. The van der Waals surface area contributed by atoms with Gasteiger partial charge in [0.25, 0.3) is 0 Å². The van der Waals surface area contributed by atoms with Crippen LogP contribution in [0.4, 0.5) is 0 Å². The average molecular weight is 293 g/mol. The first-order valence-electron chi connectivity index (χ1n) is 6.47. The van der Waals surface area contributed by atoms with Crippen molar-refractivity contribution in [2.45, 2.75) is 33.2 Å². The number of benzene rings is 1. The van der Waals surface area contributed by atoms with Crippen LogP contribution in [-0.4, -0.2) is 20.9 Å². The van der Waals surface area contributed by atoms with Gasteiger partial charge >= 0.3 is 5.97 Å². The molecule has 0 fully saturated rings. The second-order valence-electron chi connectivity index (χ2n) is 4.79. The Morgan fingerprint density at radius 1 is 1.35 bits per heavy atom. The summed E-state index contributed by atoms with van der Waals surface area (Å²) < 4.78 is 1.88. The minimum absolute atomic E-state index is 0.124. The molecule has 106 valence electrons. The Kier molecular flexibility index (Phi) is 4.45. The smallest absolute Gasteiger partial charge is 0.303 e. The first kappa shape index (κ1) is 14.6. The Balaban J connectivity index is 2.23. The maximum Gasteiger partial charge on any atom is 0.303 e. The third kappa shape index (κ3) is 3.20. The van der Waals surface area contributed by atoms with E-state index in [0.29, 0.717) is 18.0 Å². The summed E-state index contributed by atoms with van der Waals surface area (Å²) in [5.74, 6) is -0.789. The molecule has 1 aromatic heterocycles. The lowest BCUT2D eigenvalue weighted by Crippen LogP contribution is -2.05. The Bertz CT molecular complexity index is 635. The van der Waals surface area contributed by atoms with Gasteiger partial charge < -0.3 is 5.11 Å². The van der Waals surface area contributed by atoms with Gasteiger partial charge in [-0.15, -0.1) is 0 Å². The van der Waals surface area contributed by atoms with E-state index in [2.05, 4.69) is 5.10 Å². The molecule has 2 rings (SSSR count). The van der Waals surface area contributed by atoms with Gasteiger partial charge in [-0.3, -0.25) is 9.48 Å². The highest BCUT2D eigenvalue weighted by atomic mass is 35.5. The fraction of sp³-hybridized carbons (Fsp3) is 0.333. The standard InChI is InChI=1S/C15H17ClN2O2/c1-10-13(7-8-15(19)20)11(2)18(17-10)9-12-5-3-4-6-14(12)16/h3-6H,7-9H2,1-2H3,(H,19,20). The van der Waals surface area contributed by atoms with Gasteiger partial charge in [0, 0.05) is 17.1 Å². The molecule has 0 bridgehead atoms. The Hall–Kier alpha value is -1.81. The van der Waals surface area contributed by atoms with Crippen LogP contribution in [0.15, 0.2) is 24.3 Å². The van der Waals surface area contributed by atoms with Crippen LogP contribution >= 0.6 is 11.6 Å². The number of aliphatic carboxylic acids is 1. The van der Waals surface area contributed by atoms with Gasteiger partial charge in [0.2, 0.25) is 0 Å². The van der Waals surface area contributed by atoms with Crippen molar-refractivity contribution in [3.8, 4) is 0 Å². The highest BCUT2D eigenvalue weighted by molar-refractivity contribution is 6.31. The van der Waals surface area contributed by atoms with E-state index in [1.54, 1.807) is 0 Å². The van der Waals surface area contributed by atoms with E-state index in [0.717, 1.165) is 22.5 Å². The van der Waals surface area contributed by atoms with Crippen molar-refractivity contribution in [3.05, 3.63) is 51.8 Å². The highest BCUT2D eigenvalue weighted by Gasteiger charge is 2.13. The molecule has 0 aliphatic carbocycles. The van der Waals surface area contributed by atoms with Crippen LogP contribution in [0.3, 0.4) is 0 Å². The largest absolute Gasteiger partial charge is 0.481 e. The maximum atomic E-state index is 10.7. The third-order valence-corrected chi connectivity index (χ3v) is 3.77. The average Bonchev–Trinajstić information content (AvgIpc) is 2.65. The van der Waals surface area contributed by atoms with Crippen molar-refractivity contribution in [2.24, 2.45) is 0 Å². The van der Waals surface area contributed by atoms with E-state index < -0.39 is 5.97 Å². The van der Waals surface area contributed by atoms with Crippen LogP contribution in [0, 0.1) is 13.8 Å². The Morgan fingerprint density at radius 3 is 2.70 bits per heavy atom. The molecule has 5 heteroatoms. The number of carboxylic acid groups (broad SMARTS) is 1. The van der Waals surface area contributed by atoms with E-state index >= 15 is 0 Å². The van der Waals surface area contributed by atoms with Crippen LogP contribution in [0.5, 0.6) is 0 Å². The first-order valence-corrected chi connectivity index (χ1v) is 6.85. The van der Waals surface area contributed by atoms with Crippen molar-refractivity contribution in [3.63, 3.8) is 0 Å². The molecule has 4 nitrogen and oxygen atoms in total. The molecule has 0 saturated heterocycles. The first-order chi connectivity index (χ1) is 9.49. The van der Waals surface area contributed by atoms with E-state index in [9.17, 15) is 4.79 Å². The second kappa shape index (κ2) is 6.09. The van der Waals surface area contributed by atoms with Gasteiger partial charge in [0.15, 0.2) is 0 Å². The van der Waals surface area contributed by atoms with Crippen LogP contribution in [0.25, 0.3) is 0 Å². The van der Waals surface area contributed by atoms with Crippen LogP contribution in [-0.2, 0) is 17.8 Å². The zero-order valence-corrected chi connectivity index (χ0v) is 12.3. The number of halogens is 1. The molecule has 2 aromatic rings. The monoisotopic (exact) mass is 292 g/mol. The summed E-state index contributed by atoms with van der Waals surface area (Å²) in [4.78, 5) is 10.7. The number of hydrogen-bond donors (Lipinski definition) is 1. The summed E-state index contributed by atoms with van der Waals surface area (Å²) in [6, 6.07) is 7.66. The van der Waals surface area contributed by atoms with Gasteiger partial charge in [-0.05, 0) is 37.5 Å². The number of aromatic nitrogens is 2. The van der Waals surface area contributed by atoms with Gasteiger partial charge in [0.1, 0.15) is 0 Å².